The van der Waals surface area contributed by atoms with Crippen molar-refractivity contribution in [1.29, 1.82) is 0 Å². The number of rotatable bonds is 3. The largest absolute Gasteiger partial charge is 0.288 e. The fourth-order valence-electron chi connectivity index (χ4n) is 0.104. The van der Waals surface area contributed by atoms with Crippen molar-refractivity contribution in [1.82, 2.24) is 5.06 Å². The van der Waals surface area contributed by atoms with E-state index >= 15 is 0 Å². The lowest BCUT2D eigenvalue weighted by Crippen LogP contribution is -2.06. The predicted octanol–water partition coefficient (Wildman–Crippen LogP) is 0.318. The van der Waals surface area contributed by atoms with Crippen molar-refractivity contribution in [3.63, 3.8) is 0 Å². The van der Waals surface area contributed by atoms with E-state index < -0.39 is 0 Å². The van der Waals surface area contributed by atoms with Crippen molar-refractivity contribution in [3.05, 3.63) is 0 Å². The van der Waals surface area contributed by atoms with Crippen molar-refractivity contribution in [2.75, 3.05) is 14.1 Å². The molecule has 0 N–H and O–H groups in total. The molecule has 0 aromatic heterocycles. The molecular formula is C3H7NO2S. The molecule has 0 unspecified atom stereocenters. The summed E-state index contributed by atoms with van der Waals surface area (Å²) in [6.45, 7) is 0. The fraction of sp³-hybridized carbons (Fsp3) is 0.667. The Bertz CT molecular complexity index is 56.9. The Hall–Kier alpha value is -0.0600. The minimum absolute atomic E-state index is 0.625. The Balaban J connectivity index is 2.81. The molecule has 0 amide bonds. The van der Waals surface area contributed by atoms with Crippen molar-refractivity contribution in [2.45, 2.75) is 0 Å². The molecule has 0 saturated carbocycles. The molecule has 3 nitrogen and oxygen atoms in total. The van der Waals surface area contributed by atoms with Crippen molar-refractivity contribution < 1.29 is 9.08 Å². The highest BCUT2D eigenvalue weighted by atomic mass is 32.2. The van der Waals surface area contributed by atoms with Crippen LogP contribution < -0.4 is 0 Å². The van der Waals surface area contributed by atoms with Crippen LogP contribution in [0.3, 0.4) is 0 Å². The van der Waals surface area contributed by atoms with Gasteiger partial charge in [-0.3, -0.25) is 4.79 Å². The van der Waals surface area contributed by atoms with E-state index in [1.807, 2.05) is 0 Å². The third-order valence-corrected chi connectivity index (χ3v) is 0.694. The molecule has 0 heterocycles. The molecule has 0 atom stereocenters. The summed E-state index contributed by atoms with van der Waals surface area (Å²) in [4.78, 5) is 9.52. The molecule has 0 bridgehead atoms. The quantitative estimate of drug-likeness (QED) is 0.305. The average Bonchev–Trinajstić information content (AvgIpc) is 1.61. The van der Waals surface area contributed by atoms with E-state index in [0.29, 0.717) is 5.62 Å². The Morgan fingerprint density at radius 3 is 2.43 bits per heavy atom. The summed E-state index contributed by atoms with van der Waals surface area (Å²) in [6, 6.07) is 0. The monoisotopic (exact) mass is 121 g/mol. The lowest BCUT2D eigenvalue weighted by Gasteiger charge is -2.02. The molecule has 0 aromatic carbocycles. The Morgan fingerprint density at radius 1 is 1.71 bits per heavy atom. The number of hydrogen-bond donors (Lipinski definition) is 0. The Labute approximate surface area is 46.8 Å². The second-order valence-electron chi connectivity index (χ2n) is 1.08. The standard InChI is InChI=1S/C3H7NO2S/c1-4(2)6-7-3-5/h3H,1-2H3. The van der Waals surface area contributed by atoms with Crippen LogP contribution in [0, 0.1) is 0 Å². The molecule has 4 heteroatoms. The minimum Gasteiger partial charge on any atom is -0.288 e. The summed E-state index contributed by atoms with van der Waals surface area (Å²) in [5.41, 5.74) is 0.625. The summed E-state index contributed by atoms with van der Waals surface area (Å²) >= 11 is 0.762. The second-order valence-corrected chi connectivity index (χ2v) is 1.61. The number of hydrogen-bond acceptors (Lipinski definition) is 4. The molecule has 0 spiro atoms. The first-order valence-electron chi connectivity index (χ1n) is 1.72. The van der Waals surface area contributed by atoms with Gasteiger partial charge >= 0.3 is 0 Å². The van der Waals surface area contributed by atoms with Crippen LogP contribution in [0.15, 0.2) is 0 Å². The van der Waals surface area contributed by atoms with Crippen LogP contribution in [0.1, 0.15) is 0 Å². The van der Waals surface area contributed by atoms with Crippen LogP contribution in [0.5, 0.6) is 0 Å². The van der Waals surface area contributed by atoms with E-state index in [0.717, 1.165) is 12.0 Å². The predicted molar refractivity (Wildman–Crippen MR) is 29.1 cm³/mol. The molecule has 0 rings (SSSR count). The first-order chi connectivity index (χ1) is 3.27. The van der Waals surface area contributed by atoms with Crippen LogP contribution >= 0.6 is 12.0 Å². The van der Waals surface area contributed by atoms with E-state index in [4.69, 9.17) is 0 Å². The third kappa shape index (κ3) is 5.94. The highest BCUT2D eigenvalue weighted by Gasteiger charge is 1.84. The highest BCUT2D eigenvalue weighted by Crippen LogP contribution is 1.95. The summed E-state index contributed by atoms with van der Waals surface area (Å²) in [6.07, 6.45) is 0. The first-order valence-corrected chi connectivity index (χ1v) is 2.52. The number of nitrogens with zero attached hydrogens (tertiary/aromatic N) is 1. The first kappa shape index (κ1) is 6.94. The van der Waals surface area contributed by atoms with Crippen LogP contribution in [0.25, 0.3) is 0 Å². The fourth-order valence-corrected chi connectivity index (χ4v) is 0.311. The SMILES string of the molecule is CN(C)OSC=O. The maximum absolute atomic E-state index is 9.52. The van der Waals surface area contributed by atoms with E-state index in [1.165, 1.54) is 5.06 Å². The van der Waals surface area contributed by atoms with Gasteiger partial charge in [0.25, 0.3) is 0 Å². The van der Waals surface area contributed by atoms with Gasteiger partial charge in [0.15, 0.2) is 0 Å². The zero-order valence-corrected chi connectivity index (χ0v) is 5.07. The second kappa shape index (κ2) is 4.11. The molecule has 7 heavy (non-hydrogen) atoms. The summed E-state index contributed by atoms with van der Waals surface area (Å²) < 4.78 is 4.57. The maximum Gasteiger partial charge on any atom is 0.204 e. The Kier molecular flexibility index (Phi) is 4.07. The van der Waals surface area contributed by atoms with Crippen LogP contribution in [-0.2, 0) is 9.08 Å². The zero-order valence-electron chi connectivity index (χ0n) is 4.25. The van der Waals surface area contributed by atoms with Crippen LogP contribution in [0.2, 0.25) is 0 Å². The van der Waals surface area contributed by atoms with Crippen molar-refractivity contribution in [3.8, 4) is 0 Å². The van der Waals surface area contributed by atoms with Gasteiger partial charge in [-0.15, -0.1) is 0 Å². The molecule has 0 aliphatic rings. The third-order valence-electron chi connectivity index (χ3n) is 0.231. The van der Waals surface area contributed by atoms with E-state index in [2.05, 4.69) is 4.28 Å². The highest BCUT2D eigenvalue weighted by molar-refractivity contribution is 8.07. The van der Waals surface area contributed by atoms with Gasteiger partial charge in [-0.2, -0.15) is 5.06 Å². The average molecular weight is 121 g/mol. The normalized spacial score (nSPS) is 9.57. The van der Waals surface area contributed by atoms with E-state index in [-0.39, 0.29) is 0 Å². The van der Waals surface area contributed by atoms with Gasteiger partial charge in [0.1, 0.15) is 0 Å². The summed E-state index contributed by atoms with van der Waals surface area (Å²) in [5.74, 6) is 0. The smallest absolute Gasteiger partial charge is 0.204 e. The molecule has 0 fully saturated rings. The lowest BCUT2D eigenvalue weighted by molar-refractivity contribution is 0.0250. The lowest BCUT2D eigenvalue weighted by atomic mass is 11.2. The van der Waals surface area contributed by atoms with Crippen molar-refractivity contribution >= 4 is 17.7 Å². The molecule has 0 aliphatic heterocycles. The Morgan fingerprint density at radius 2 is 2.29 bits per heavy atom. The van der Waals surface area contributed by atoms with Crippen molar-refractivity contribution in [2.24, 2.45) is 0 Å². The topological polar surface area (TPSA) is 29.5 Å². The number of carbonyl (C=O) groups excluding carboxylic acids is 1. The van der Waals surface area contributed by atoms with Crippen LogP contribution in [-0.4, -0.2) is 24.8 Å². The number of carbonyl (C=O) groups is 1. The molecule has 0 aliphatic carbocycles. The van der Waals surface area contributed by atoms with Gasteiger partial charge in [-0.05, 0) is 0 Å². The van der Waals surface area contributed by atoms with Gasteiger partial charge in [0.2, 0.25) is 5.62 Å². The molecule has 42 valence electrons. The molecule has 0 aromatic rings. The number of hydroxylamine groups is 2. The van der Waals surface area contributed by atoms with Crippen LogP contribution in [0.4, 0.5) is 0 Å². The minimum atomic E-state index is 0.625. The maximum atomic E-state index is 9.52. The van der Waals surface area contributed by atoms with E-state index in [1.54, 1.807) is 14.1 Å². The molecule has 0 saturated heterocycles. The van der Waals surface area contributed by atoms with Gasteiger partial charge in [0, 0.05) is 14.1 Å². The van der Waals surface area contributed by atoms with Gasteiger partial charge in [-0.25, -0.2) is 4.28 Å². The summed E-state index contributed by atoms with van der Waals surface area (Å²) in [5, 5.41) is 1.44. The molecule has 0 radical (unpaired) electrons. The zero-order chi connectivity index (χ0) is 5.70. The molecular weight excluding hydrogens is 114 g/mol. The van der Waals surface area contributed by atoms with Gasteiger partial charge in [-0.1, -0.05) is 0 Å². The summed E-state index contributed by atoms with van der Waals surface area (Å²) in [7, 11) is 3.41. The van der Waals surface area contributed by atoms with Gasteiger partial charge in [0.05, 0.1) is 12.0 Å². The van der Waals surface area contributed by atoms with E-state index in [9.17, 15) is 4.79 Å². The van der Waals surface area contributed by atoms with Gasteiger partial charge < -0.3 is 0 Å².